The van der Waals surface area contributed by atoms with Crippen molar-refractivity contribution in [3.8, 4) is 0 Å². The van der Waals surface area contributed by atoms with Crippen LogP contribution >= 0.6 is 15.9 Å². The van der Waals surface area contributed by atoms with Gasteiger partial charge in [0.05, 0.1) is 5.56 Å². The molecule has 0 atom stereocenters. The van der Waals surface area contributed by atoms with E-state index in [-0.39, 0.29) is 5.56 Å². The number of nitrogens with zero attached hydrogens (tertiary/aromatic N) is 1. The molecule has 1 rings (SSSR count). The molecule has 0 aliphatic carbocycles. The molecule has 1 aromatic rings. The molecule has 19 heavy (non-hydrogen) atoms. The van der Waals surface area contributed by atoms with Crippen molar-refractivity contribution in [2.24, 2.45) is 5.73 Å². The third kappa shape index (κ3) is 4.32. The van der Waals surface area contributed by atoms with Crippen LogP contribution in [0.25, 0.3) is 0 Å². The van der Waals surface area contributed by atoms with E-state index in [1.807, 2.05) is 0 Å². The van der Waals surface area contributed by atoms with E-state index in [4.69, 9.17) is 10.8 Å². The molecule has 0 saturated heterocycles. The number of carboxylic acids is 1. The van der Waals surface area contributed by atoms with Crippen molar-refractivity contribution < 1.29 is 23.9 Å². The van der Waals surface area contributed by atoms with Gasteiger partial charge in [-0.05, 0) is 18.2 Å². The molecule has 0 aliphatic rings. The van der Waals surface area contributed by atoms with Crippen molar-refractivity contribution in [3.63, 3.8) is 0 Å². The Kier molecular flexibility index (Phi) is 4.99. The number of hydrogen-bond donors (Lipinski definition) is 2. The Balaban J connectivity index is 3.07. The van der Waals surface area contributed by atoms with Gasteiger partial charge in [-0.15, -0.1) is 0 Å². The summed E-state index contributed by atoms with van der Waals surface area (Å²) < 4.78 is 14.0. The summed E-state index contributed by atoms with van der Waals surface area (Å²) in [5, 5.41) is 8.67. The minimum absolute atomic E-state index is 0.336. The molecule has 0 aliphatic heterocycles. The molecule has 8 heteroatoms. The second-order valence-electron chi connectivity index (χ2n) is 3.65. The largest absolute Gasteiger partial charge is 0.480 e. The van der Waals surface area contributed by atoms with Gasteiger partial charge in [0.2, 0.25) is 5.91 Å². The number of aliphatic carboxylic acids is 1. The number of carbonyl (C=O) groups excluding carboxylic acids is 2. The zero-order valence-corrected chi connectivity index (χ0v) is 11.2. The van der Waals surface area contributed by atoms with Gasteiger partial charge < -0.3 is 15.7 Å². The summed E-state index contributed by atoms with van der Waals surface area (Å²) in [5.74, 6) is -3.94. The van der Waals surface area contributed by atoms with Crippen LogP contribution in [0.2, 0.25) is 0 Å². The summed E-state index contributed by atoms with van der Waals surface area (Å²) in [4.78, 5) is 34.1. The lowest BCUT2D eigenvalue weighted by Crippen LogP contribution is -2.41. The highest BCUT2D eigenvalue weighted by Crippen LogP contribution is 2.17. The van der Waals surface area contributed by atoms with E-state index in [2.05, 4.69) is 15.9 Å². The molecule has 0 spiro atoms. The highest BCUT2D eigenvalue weighted by atomic mass is 79.9. The van der Waals surface area contributed by atoms with Crippen molar-refractivity contribution in [2.75, 3.05) is 13.1 Å². The lowest BCUT2D eigenvalue weighted by atomic mass is 10.2. The molecule has 0 heterocycles. The fourth-order valence-electron chi connectivity index (χ4n) is 1.38. The van der Waals surface area contributed by atoms with Gasteiger partial charge in [-0.3, -0.25) is 14.4 Å². The second kappa shape index (κ2) is 6.28. The summed E-state index contributed by atoms with van der Waals surface area (Å²) >= 11 is 3.07. The normalized spacial score (nSPS) is 10.0. The lowest BCUT2D eigenvalue weighted by molar-refractivity contribution is -0.138. The van der Waals surface area contributed by atoms with Gasteiger partial charge in [-0.2, -0.15) is 0 Å². The molecular weight excluding hydrogens is 323 g/mol. The first kappa shape index (κ1) is 15.1. The van der Waals surface area contributed by atoms with E-state index in [1.54, 1.807) is 0 Å². The first-order chi connectivity index (χ1) is 8.81. The van der Waals surface area contributed by atoms with E-state index >= 15 is 0 Å². The predicted molar refractivity (Wildman–Crippen MR) is 66.8 cm³/mol. The van der Waals surface area contributed by atoms with Gasteiger partial charge in [-0.25, -0.2) is 4.39 Å². The first-order valence-electron chi connectivity index (χ1n) is 5.05. The van der Waals surface area contributed by atoms with Gasteiger partial charge in [0.25, 0.3) is 5.91 Å². The zero-order chi connectivity index (χ0) is 14.6. The molecule has 2 amide bonds. The lowest BCUT2D eigenvalue weighted by Gasteiger charge is -2.19. The van der Waals surface area contributed by atoms with Crippen molar-refractivity contribution in [3.05, 3.63) is 34.1 Å². The predicted octanol–water partition coefficient (Wildman–Crippen LogP) is 0.600. The molecule has 0 aromatic heterocycles. The summed E-state index contributed by atoms with van der Waals surface area (Å²) in [5.41, 5.74) is 4.59. The minimum atomic E-state index is -1.33. The number of halogens is 2. The summed E-state index contributed by atoms with van der Waals surface area (Å²) in [6, 6.07) is 3.65. The van der Waals surface area contributed by atoms with E-state index in [1.165, 1.54) is 12.1 Å². The van der Waals surface area contributed by atoms with Crippen molar-refractivity contribution >= 4 is 33.7 Å². The van der Waals surface area contributed by atoms with Gasteiger partial charge in [0.15, 0.2) is 0 Å². The third-order valence-corrected chi connectivity index (χ3v) is 2.61. The van der Waals surface area contributed by atoms with Crippen LogP contribution in [0.15, 0.2) is 22.7 Å². The van der Waals surface area contributed by atoms with Crippen molar-refractivity contribution in [1.82, 2.24) is 4.90 Å². The van der Waals surface area contributed by atoms with Crippen molar-refractivity contribution in [1.29, 1.82) is 0 Å². The highest BCUT2D eigenvalue weighted by Gasteiger charge is 2.23. The van der Waals surface area contributed by atoms with Gasteiger partial charge in [-0.1, -0.05) is 15.9 Å². The van der Waals surface area contributed by atoms with Gasteiger partial charge in [0, 0.05) is 4.47 Å². The second-order valence-corrected chi connectivity index (χ2v) is 4.56. The SMILES string of the molecule is NC(=O)CN(CC(=O)O)C(=O)c1cc(Br)ccc1F. The molecule has 6 nitrogen and oxygen atoms in total. The Bertz CT molecular complexity index is 519. The van der Waals surface area contributed by atoms with Crippen LogP contribution in [-0.2, 0) is 9.59 Å². The van der Waals surface area contributed by atoms with E-state index in [0.717, 1.165) is 6.07 Å². The first-order valence-corrected chi connectivity index (χ1v) is 5.85. The quantitative estimate of drug-likeness (QED) is 0.824. The number of benzene rings is 1. The van der Waals surface area contributed by atoms with Gasteiger partial charge >= 0.3 is 5.97 Å². The monoisotopic (exact) mass is 332 g/mol. The molecule has 102 valence electrons. The molecule has 1 aromatic carbocycles. The fourth-order valence-corrected chi connectivity index (χ4v) is 1.74. The molecule has 0 radical (unpaired) electrons. The van der Waals surface area contributed by atoms with E-state index in [0.29, 0.717) is 9.37 Å². The maximum atomic E-state index is 13.5. The van der Waals surface area contributed by atoms with Crippen LogP contribution in [0.1, 0.15) is 10.4 Å². The average Bonchev–Trinajstić information content (AvgIpc) is 2.29. The topological polar surface area (TPSA) is 101 Å². The fraction of sp³-hybridized carbons (Fsp3) is 0.182. The third-order valence-electron chi connectivity index (χ3n) is 2.12. The Morgan fingerprint density at radius 1 is 1.32 bits per heavy atom. The Morgan fingerprint density at radius 2 is 1.95 bits per heavy atom. The highest BCUT2D eigenvalue weighted by molar-refractivity contribution is 9.10. The van der Waals surface area contributed by atoms with Crippen LogP contribution in [0.4, 0.5) is 4.39 Å². The smallest absolute Gasteiger partial charge is 0.323 e. The van der Waals surface area contributed by atoms with Crippen LogP contribution in [-0.4, -0.2) is 40.9 Å². The maximum Gasteiger partial charge on any atom is 0.323 e. The number of carbonyl (C=O) groups is 3. The van der Waals surface area contributed by atoms with Crippen LogP contribution < -0.4 is 5.73 Å². The Hall–Kier alpha value is -1.96. The molecule has 0 bridgehead atoms. The van der Waals surface area contributed by atoms with E-state index < -0.39 is 36.7 Å². The van der Waals surface area contributed by atoms with Gasteiger partial charge in [0.1, 0.15) is 18.9 Å². The Morgan fingerprint density at radius 3 is 2.47 bits per heavy atom. The summed E-state index contributed by atoms with van der Waals surface area (Å²) in [6.45, 7) is -1.34. The molecule has 0 unspecified atom stereocenters. The molecule has 3 N–H and O–H groups in total. The summed E-state index contributed by atoms with van der Waals surface area (Å²) in [7, 11) is 0. The number of rotatable bonds is 5. The summed E-state index contributed by atoms with van der Waals surface area (Å²) in [6.07, 6.45) is 0. The molecule has 0 fully saturated rings. The number of carboxylic acid groups (broad SMARTS) is 1. The standard InChI is InChI=1S/C11H10BrFN2O4/c12-6-1-2-8(13)7(3-6)11(19)15(4-9(14)16)5-10(17)18/h1-3H,4-5H2,(H2,14,16)(H,17,18). The average molecular weight is 333 g/mol. The number of primary amides is 1. The molecular formula is C11H10BrFN2O4. The number of hydrogen-bond acceptors (Lipinski definition) is 3. The zero-order valence-electron chi connectivity index (χ0n) is 9.60. The molecule has 0 saturated carbocycles. The van der Waals surface area contributed by atoms with Crippen molar-refractivity contribution in [2.45, 2.75) is 0 Å². The Labute approximate surface area is 116 Å². The van der Waals surface area contributed by atoms with Crippen LogP contribution in [0.5, 0.6) is 0 Å². The minimum Gasteiger partial charge on any atom is -0.480 e. The van der Waals surface area contributed by atoms with Crippen LogP contribution in [0, 0.1) is 5.82 Å². The van der Waals surface area contributed by atoms with Crippen LogP contribution in [0.3, 0.4) is 0 Å². The number of amides is 2. The van der Waals surface area contributed by atoms with E-state index in [9.17, 15) is 18.8 Å². The number of nitrogens with two attached hydrogens (primary N) is 1. The maximum absolute atomic E-state index is 13.5.